The lowest BCUT2D eigenvalue weighted by atomic mass is 10.0. The van der Waals surface area contributed by atoms with Gasteiger partial charge in [-0.05, 0) is 66.8 Å². The molecule has 188 valence electrons. The fourth-order valence-electron chi connectivity index (χ4n) is 4.11. The summed E-state index contributed by atoms with van der Waals surface area (Å²) in [7, 11) is 0. The minimum Gasteiger partial charge on any atom is -0.452 e. The highest BCUT2D eigenvalue weighted by atomic mass is 35.5. The van der Waals surface area contributed by atoms with E-state index < -0.39 is 0 Å². The molecule has 4 aromatic rings. The molecule has 0 aliphatic carbocycles. The highest BCUT2D eigenvalue weighted by Gasteiger charge is 2.42. The summed E-state index contributed by atoms with van der Waals surface area (Å²) < 4.78 is 6.36. The molecule has 1 saturated heterocycles. The van der Waals surface area contributed by atoms with Gasteiger partial charge < -0.3 is 20.0 Å². The number of hydrogen-bond acceptors (Lipinski definition) is 5. The van der Waals surface area contributed by atoms with Crippen LogP contribution in [0.15, 0.2) is 99.5 Å². The molecule has 2 atom stereocenters. The number of anilines is 2. The summed E-state index contributed by atoms with van der Waals surface area (Å²) in [6.45, 7) is 3.67. The molecule has 2 N–H and O–H groups in total. The Labute approximate surface area is 230 Å². The maximum atomic E-state index is 12.2. The number of furan rings is 1. The molecule has 1 aliphatic rings. The standard InChI is InChI=1S/C28H25ClN4O2S2/c1-17(2)27(34)31-21-12-11-18(16-20(21)29)33-26(25(32-28(33)36)22-10-6-7-15-30-22)23-13-14-24(35-23)37-19-8-4-3-5-9-19/h3-17,25-26H,1-2H3,(H,31,34)(H,32,36)/t25-,26+/m1/s1. The van der Waals surface area contributed by atoms with Gasteiger partial charge in [0.2, 0.25) is 5.91 Å². The molecule has 1 aliphatic heterocycles. The fraction of sp³-hybridized carbons (Fsp3) is 0.179. The van der Waals surface area contributed by atoms with Gasteiger partial charge in [-0.25, -0.2) is 0 Å². The van der Waals surface area contributed by atoms with Crippen molar-refractivity contribution in [3.05, 3.63) is 102 Å². The van der Waals surface area contributed by atoms with Crippen molar-refractivity contribution in [3.63, 3.8) is 0 Å². The van der Waals surface area contributed by atoms with Crippen molar-refractivity contribution in [1.29, 1.82) is 0 Å². The van der Waals surface area contributed by atoms with Crippen LogP contribution in [0.3, 0.4) is 0 Å². The van der Waals surface area contributed by atoms with Gasteiger partial charge in [0.1, 0.15) is 11.8 Å². The largest absolute Gasteiger partial charge is 0.452 e. The van der Waals surface area contributed by atoms with Crippen LogP contribution in [0.25, 0.3) is 0 Å². The van der Waals surface area contributed by atoms with Gasteiger partial charge in [-0.1, -0.05) is 61.5 Å². The summed E-state index contributed by atoms with van der Waals surface area (Å²) in [5, 5.41) is 8.03. The number of nitrogens with zero attached hydrogens (tertiary/aromatic N) is 2. The number of benzene rings is 2. The molecule has 1 fully saturated rings. The van der Waals surface area contributed by atoms with E-state index in [2.05, 4.69) is 15.6 Å². The number of halogens is 1. The van der Waals surface area contributed by atoms with Gasteiger partial charge in [-0.15, -0.1) is 0 Å². The molecule has 0 saturated carbocycles. The van der Waals surface area contributed by atoms with Crippen LogP contribution in [0.1, 0.15) is 37.4 Å². The average molecular weight is 549 g/mol. The molecule has 3 heterocycles. The Morgan fingerprint density at radius 2 is 1.89 bits per heavy atom. The minimum absolute atomic E-state index is 0.0971. The second-order valence-corrected chi connectivity index (χ2v) is 10.7. The van der Waals surface area contributed by atoms with Crippen LogP contribution in [-0.2, 0) is 4.79 Å². The van der Waals surface area contributed by atoms with Gasteiger partial charge in [-0.2, -0.15) is 0 Å². The van der Waals surface area contributed by atoms with Crippen LogP contribution in [0.2, 0.25) is 5.02 Å². The molecule has 37 heavy (non-hydrogen) atoms. The van der Waals surface area contributed by atoms with Crippen molar-refractivity contribution >= 4 is 58.0 Å². The maximum absolute atomic E-state index is 12.2. The predicted molar refractivity (Wildman–Crippen MR) is 152 cm³/mol. The van der Waals surface area contributed by atoms with E-state index in [0.717, 1.165) is 27.1 Å². The van der Waals surface area contributed by atoms with E-state index in [0.29, 0.717) is 15.8 Å². The average Bonchev–Trinajstić information content (AvgIpc) is 3.50. The zero-order chi connectivity index (χ0) is 25.9. The molecule has 2 aromatic heterocycles. The van der Waals surface area contributed by atoms with Crippen LogP contribution in [0.5, 0.6) is 0 Å². The van der Waals surface area contributed by atoms with Gasteiger partial charge in [0.05, 0.1) is 22.4 Å². The number of rotatable bonds is 7. The third kappa shape index (κ3) is 5.51. The molecule has 9 heteroatoms. The summed E-state index contributed by atoms with van der Waals surface area (Å²) in [5.41, 5.74) is 2.18. The van der Waals surface area contributed by atoms with Crippen molar-refractivity contribution in [2.24, 2.45) is 5.92 Å². The summed E-state index contributed by atoms with van der Waals surface area (Å²) in [5.74, 6) is 0.492. The number of nitrogens with one attached hydrogen (secondary N) is 2. The zero-order valence-corrected chi connectivity index (χ0v) is 22.6. The third-order valence-corrected chi connectivity index (χ3v) is 7.52. The fourth-order valence-corrected chi connectivity index (χ4v) is 5.47. The van der Waals surface area contributed by atoms with Gasteiger partial charge in [0.15, 0.2) is 10.2 Å². The lowest BCUT2D eigenvalue weighted by Gasteiger charge is -2.26. The Kier molecular flexibility index (Phi) is 7.50. The molecule has 0 bridgehead atoms. The second kappa shape index (κ2) is 11.0. The Bertz CT molecular complexity index is 1410. The van der Waals surface area contributed by atoms with Crippen molar-refractivity contribution < 1.29 is 9.21 Å². The van der Waals surface area contributed by atoms with Crippen molar-refractivity contribution in [1.82, 2.24) is 10.3 Å². The highest BCUT2D eigenvalue weighted by molar-refractivity contribution is 7.99. The van der Waals surface area contributed by atoms with Crippen LogP contribution in [-0.4, -0.2) is 16.0 Å². The number of amides is 1. The second-order valence-electron chi connectivity index (χ2n) is 8.88. The Morgan fingerprint density at radius 1 is 1.11 bits per heavy atom. The Morgan fingerprint density at radius 3 is 2.59 bits per heavy atom. The molecule has 2 aromatic carbocycles. The van der Waals surface area contributed by atoms with E-state index in [1.165, 1.54) is 0 Å². The molecule has 0 unspecified atom stereocenters. The quantitative estimate of drug-likeness (QED) is 0.236. The first-order chi connectivity index (χ1) is 17.9. The van der Waals surface area contributed by atoms with Gasteiger partial charge in [-0.3, -0.25) is 9.78 Å². The SMILES string of the molecule is CC(C)C(=O)Nc1ccc(N2C(=S)N[C@H](c3ccccn3)[C@@H]2c2ccc(Sc3ccccc3)o2)cc1Cl. The molecule has 1 amide bonds. The molecule has 0 radical (unpaired) electrons. The van der Waals surface area contributed by atoms with Crippen LogP contribution in [0, 0.1) is 5.92 Å². The van der Waals surface area contributed by atoms with Crippen LogP contribution >= 0.6 is 35.6 Å². The third-order valence-electron chi connectivity index (χ3n) is 5.97. The van der Waals surface area contributed by atoms with Crippen molar-refractivity contribution in [2.45, 2.75) is 35.9 Å². The molecule has 0 spiro atoms. The van der Waals surface area contributed by atoms with E-state index in [1.54, 1.807) is 24.0 Å². The Balaban J connectivity index is 1.50. The molecule has 6 nitrogen and oxygen atoms in total. The van der Waals surface area contributed by atoms with E-state index in [9.17, 15) is 4.79 Å². The van der Waals surface area contributed by atoms with Gasteiger partial charge >= 0.3 is 0 Å². The molecular weight excluding hydrogens is 524 g/mol. The van der Waals surface area contributed by atoms with E-state index >= 15 is 0 Å². The van der Waals surface area contributed by atoms with E-state index in [4.69, 9.17) is 28.2 Å². The smallest absolute Gasteiger partial charge is 0.226 e. The van der Waals surface area contributed by atoms with Gasteiger partial charge in [0, 0.05) is 22.7 Å². The first kappa shape index (κ1) is 25.3. The topological polar surface area (TPSA) is 70.4 Å². The predicted octanol–water partition coefficient (Wildman–Crippen LogP) is 7.25. The summed E-state index contributed by atoms with van der Waals surface area (Å²) in [6.07, 6.45) is 1.77. The minimum atomic E-state index is -0.306. The first-order valence-electron chi connectivity index (χ1n) is 11.8. The number of pyridine rings is 1. The van der Waals surface area contributed by atoms with Crippen LogP contribution in [0.4, 0.5) is 11.4 Å². The Hall–Kier alpha value is -3.33. The number of aromatic nitrogens is 1. The zero-order valence-electron chi connectivity index (χ0n) is 20.2. The maximum Gasteiger partial charge on any atom is 0.226 e. The van der Waals surface area contributed by atoms with E-state index in [1.807, 2.05) is 91.5 Å². The summed E-state index contributed by atoms with van der Waals surface area (Å²) >= 11 is 14.0. The first-order valence-corrected chi connectivity index (χ1v) is 13.4. The van der Waals surface area contributed by atoms with Crippen LogP contribution < -0.4 is 15.5 Å². The summed E-state index contributed by atoms with van der Waals surface area (Å²) in [4.78, 5) is 19.9. The van der Waals surface area contributed by atoms with Crippen molar-refractivity contribution in [2.75, 3.05) is 10.2 Å². The number of hydrogen-bond donors (Lipinski definition) is 2. The number of carbonyl (C=O) groups is 1. The lowest BCUT2D eigenvalue weighted by Crippen LogP contribution is -2.29. The monoisotopic (exact) mass is 548 g/mol. The molecule has 5 rings (SSSR count). The van der Waals surface area contributed by atoms with E-state index in [-0.39, 0.29) is 23.9 Å². The number of thiocarbonyl (C=S) groups is 1. The van der Waals surface area contributed by atoms with Gasteiger partial charge in [0.25, 0.3) is 0 Å². The normalized spacial score (nSPS) is 17.2. The highest BCUT2D eigenvalue weighted by Crippen LogP contribution is 2.44. The summed E-state index contributed by atoms with van der Waals surface area (Å²) in [6, 6.07) is 24.8. The lowest BCUT2D eigenvalue weighted by molar-refractivity contribution is -0.118. The van der Waals surface area contributed by atoms with Crippen molar-refractivity contribution in [3.8, 4) is 0 Å². The number of carbonyl (C=O) groups excluding carboxylic acids is 1. The molecular formula is C28H25ClN4O2S2.